The van der Waals surface area contributed by atoms with Crippen LogP contribution < -0.4 is 10.4 Å². The van der Waals surface area contributed by atoms with Gasteiger partial charge in [-0.15, -0.1) is 0 Å². The molecule has 0 radical (unpaired) electrons. The van der Waals surface area contributed by atoms with Crippen LogP contribution in [0.5, 0.6) is 0 Å². The Hall–Kier alpha value is -1.50. The Morgan fingerprint density at radius 2 is 1.50 bits per heavy atom. The van der Waals surface area contributed by atoms with Crippen molar-refractivity contribution in [3.8, 4) is 0 Å². The number of hydrogen-bond donors (Lipinski definition) is 0. The first kappa shape index (κ1) is 21.7. The first-order chi connectivity index (χ1) is 14.4. The first-order valence-electron chi connectivity index (χ1n) is 10.9. The minimum Gasteiger partial charge on any atom is -0.404 e. The fraction of sp³-hybridized carbons (Fsp3) is 0.520. The molecule has 4 atom stereocenters. The van der Waals surface area contributed by atoms with Crippen LogP contribution >= 0.6 is 0 Å². The molecule has 0 N–H and O–H groups in total. The fourth-order valence-electron chi connectivity index (χ4n) is 5.61. The van der Waals surface area contributed by atoms with Gasteiger partial charge in [0.25, 0.3) is 8.32 Å². The third-order valence-corrected chi connectivity index (χ3v) is 11.9. The van der Waals surface area contributed by atoms with Gasteiger partial charge in [-0.05, 0) is 28.3 Å². The van der Waals surface area contributed by atoms with Crippen LogP contribution in [0.25, 0.3) is 0 Å². The lowest BCUT2D eigenvalue weighted by Crippen LogP contribution is -2.68. The van der Waals surface area contributed by atoms with E-state index in [0.717, 1.165) is 12.8 Å². The molecule has 0 aromatic heterocycles. The average molecular weight is 427 g/mol. The van der Waals surface area contributed by atoms with Gasteiger partial charge in [-0.2, -0.15) is 0 Å². The normalized spacial score (nSPS) is 28.8. The number of ether oxygens (including phenoxy) is 3. The van der Waals surface area contributed by atoms with Gasteiger partial charge in [0.15, 0.2) is 6.29 Å². The maximum Gasteiger partial charge on any atom is 0.261 e. The van der Waals surface area contributed by atoms with Gasteiger partial charge in [0.1, 0.15) is 5.60 Å². The number of fused-ring (bicyclic) bond motifs is 2. The van der Waals surface area contributed by atoms with Crippen LogP contribution in [0, 0.1) is 5.92 Å². The molecule has 1 aliphatic carbocycles. The van der Waals surface area contributed by atoms with Crippen molar-refractivity contribution >= 4 is 18.7 Å². The zero-order valence-electron chi connectivity index (χ0n) is 18.8. The number of rotatable bonds is 7. The second-order valence-electron chi connectivity index (χ2n) is 9.60. The van der Waals surface area contributed by atoms with Gasteiger partial charge in [-0.25, -0.2) is 0 Å². The van der Waals surface area contributed by atoms with Crippen LogP contribution in [0.4, 0.5) is 0 Å². The fourth-order valence-corrected chi connectivity index (χ4v) is 10.2. The molecule has 2 aliphatic rings. The molecule has 0 amide bonds. The van der Waals surface area contributed by atoms with Crippen LogP contribution in [0.2, 0.25) is 5.04 Å². The van der Waals surface area contributed by atoms with Gasteiger partial charge >= 0.3 is 0 Å². The van der Waals surface area contributed by atoms with Gasteiger partial charge < -0.3 is 18.6 Å². The Bertz CT molecular complexity index is 796. The van der Waals surface area contributed by atoms with Crippen molar-refractivity contribution in [2.24, 2.45) is 5.92 Å². The third kappa shape index (κ3) is 3.37. The standard InChI is InChI=1S/C25H34O4Si/c1-24(2,3)30(19-12-8-6-9-13-19,20-14-10-7-11-15-20)28-18-25-17-16-21(22(25)26-4)23(27-5)29-25/h6-15,21-23H,16-18H2,1-5H3/t21-,22+,23?,25-/m1/s1. The molecule has 2 aromatic carbocycles. The quantitative estimate of drug-likeness (QED) is 0.632. The van der Waals surface area contributed by atoms with Crippen molar-refractivity contribution in [2.45, 2.75) is 56.6 Å². The minimum atomic E-state index is -2.61. The smallest absolute Gasteiger partial charge is 0.261 e. The summed E-state index contributed by atoms with van der Waals surface area (Å²) < 4.78 is 25.2. The molecule has 0 spiro atoms. The summed E-state index contributed by atoms with van der Waals surface area (Å²) in [5.41, 5.74) is -0.451. The molecular formula is C25H34O4Si. The Labute approximate surface area is 181 Å². The van der Waals surface area contributed by atoms with E-state index in [9.17, 15) is 0 Å². The van der Waals surface area contributed by atoms with E-state index < -0.39 is 13.9 Å². The molecule has 4 rings (SSSR count). The van der Waals surface area contributed by atoms with Crippen LogP contribution in [0.1, 0.15) is 33.6 Å². The molecule has 1 saturated carbocycles. The first-order valence-corrected chi connectivity index (χ1v) is 12.8. The highest BCUT2D eigenvalue weighted by Crippen LogP contribution is 2.51. The van der Waals surface area contributed by atoms with Crippen molar-refractivity contribution in [1.29, 1.82) is 0 Å². The molecule has 4 nitrogen and oxygen atoms in total. The largest absolute Gasteiger partial charge is 0.404 e. The van der Waals surface area contributed by atoms with Crippen LogP contribution in [-0.2, 0) is 18.6 Å². The zero-order chi connectivity index (χ0) is 21.4. The molecule has 2 aromatic rings. The molecule has 30 heavy (non-hydrogen) atoms. The highest BCUT2D eigenvalue weighted by atomic mass is 28.4. The summed E-state index contributed by atoms with van der Waals surface area (Å²) in [7, 11) is 0.884. The van der Waals surface area contributed by atoms with Crippen molar-refractivity contribution < 1.29 is 18.6 Å². The Balaban J connectivity index is 1.76. The van der Waals surface area contributed by atoms with E-state index in [-0.39, 0.29) is 23.4 Å². The maximum atomic E-state index is 7.17. The Morgan fingerprint density at radius 3 is 1.97 bits per heavy atom. The molecular weight excluding hydrogens is 392 g/mol. The third-order valence-electron chi connectivity index (χ3n) is 6.94. The second-order valence-corrected chi connectivity index (χ2v) is 13.9. The van der Waals surface area contributed by atoms with E-state index in [1.54, 1.807) is 14.2 Å². The monoisotopic (exact) mass is 426 g/mol. The van der Waals surface area contributed by atoms with Crippen molar-refractivity contribution in [1.82, 2.24) is 0 Å². The summed E-state index contributed by atoms with van der Waals surface area (Å²) in [6.45, 7) is 7.41. The summed E-state index contributed by atoms with van der Waals surface area (Å²) in [6, 6.07) is 21.5. The molecule has 2 bridgehead atoms. The molecule has 1 heterocycles. The number of hydrogen-bond acceptors (Lipinski definition) is 4. The molecule has 1 unspecified atom stereocenters. The predicted molar refractivity (Wildman–Crippen MR) is 122 cm³/mol. The topological polar surface area (TPSA) is 36.9 Å². The lowest BCUT2D eigenvalue weighted by atomic mass is 10.0. The molecule has 1 aliphatic heterocycles. The summed E-state index contributed by atoms with van der Waals surface area (Å²) in [4.78, 5) is 0. The summed E-state index contributed by atoms with van der Waals surface area (Å²) in [6.07, 6.45) is 1.77. The van der Waals surface area contributed by atoms with E-state index in [1.807, 2.05) is 0 Å². The van der Waals surface area contributed by atoms with Gasteiger partial charge in [0, 0.05) is 20.1 Å². The van der Waals surface area contributed by atoms with Crippen molar-refractivity contribution in [2.75, 3.05) is 20.8 Å². The molecule has 1 saturated heterocycles. The SMILES string of the molecule is COC1O[C@@]2(CO[Si](c3ccccc3)(c3ccccc3)C(C)(C)C)CC[C@@H]1[C@@H]2OC. The number of benzene rings is 2. The highest BCUT2D eigenvalue weighted by Gasteiger charge is 2.62. The Kier molecular flexibility index (Phi) is 5.94. The van der Waals surface area contributed by atoms with Crippen LogP contribution in [0.3, 0.4) is 0 Å². The molecule has 2 fully saturated rings. The zero-order valence-corrected chi connectivity index (χ0v) is 19.8. The van der Waals surface area contributed by atoms with Gasteiger partial charge in [-0.1, -0.05) is 81.4 Å². The van der Waals surface area contributed by atoms with Crippen LogP contribution in [0.15, 0.2) is 60.7 Å². The average Bonchev–Trinajstić information content (AvgIpc) is 3.26. The molecule has 162 valence electrons. The van der Waals surface area contributed by atoms with E-state index in [4.69, 9.17) is 18.6 Å². The van der Waals surface area contributed by atoms with E-state index in [0.29, 0.717) is 6.61 Å². The lowest BCUT2D eigenvalue weighted by molar-refractivity contribution is -0.199. The van der Waals surface area contributed by atoms with Gasteiger partial charge in [0.05, 0.1) is 12.7 Å². The van der Waals surface area contributed by atoms with E-state index in [1.165, 1.54) is 10.4 Å². The summed E-state index contributed by atoms with van der Waals surface area (Å²) in [5.74, 6) is 0.266. The number of methoxy groups -OCH3 is 2. The second kappa shape index (κ2) is 8.21. The van der Waals surface area contributed by atoms with E-state index >= 15 is 0 Å². The highest BCUT2D eigenvalue weighted by molar-refractivity contribution is 6.99. The van der Waals surface area contributed by atoms with Crippen molar-refractivity contribution in [3.63, 3.8) is 0 Å². The van der Waals surface area contributed by atoms with E-state index in [2.05, 4.69) is 81.4 Å². The Morgan fingerprint density at radius 1 is 0.933 bits per heavy atom. The maximum absolute atomic E-state index is 7.17. The lowest BCUT2D eigenvalue weighted by Gasteiger charge is -2.45. The van der Waals surface area contributed by atoms with Crippen LogP contribution in [-0.4, -0.2) is 47.1 Å². The predicted octanol–water partition coefficient (Wildman–Crippen LogP) is 3.73. The summed E-state index contributed by atoms with van der Waals surface area (Å²) >= 11 is 0. The van der Waals surface area contributed by atoms with Gasteiger partial charge in [-0.3, -0.25) is 0 Å². The van der Waals surface area contributed by atoms with Gasteiger partial charge in [0.2, 0.25) is 0 Å². The van der Waals surface area contributed by atoms with Crippen molar-refractivity contribution in [3.05, 3.63) is 60.7 Å². The summed E-state index contributed by atoms with van der Waals surface area (Å²) in [5, 5.41) is 2.50. The minimum absolute atomic E-state index is 0.000616. The molecule has 5 heteroatoms.